The van der Waals surface area contributed by atoms with Gasteiger partial charge in [0.2, 0.25) is 11.8 Å². The van der Waals surface area contributed by atoms with Crippen molar-refractivity contribution < 1.29 is 23.9 Å². The maximum Gasteiger partial charge on any atom is 0.404 e. The van der Waals surface area contributed by atoms with Crippen molar-refractivity contribution in [3.05, 3.63) is 17.8 Å². The predicted molar refractivity (Wildman–Crippen MR) is 148 cm³/mol. The van der Waals surface area contributed by atoms with E-state index in [9.17, 15) is 14.4 Å². The third-order valence-corrected chi connectivity index (χ3v) is 8.34. The lowest BCUT2D eigenvalue weighted by atomic mass is 9.48. The number of primary amides is 1. The fraction of sp³-hybridized carbons (Fsp3) is 0.724. The molecule has 0 radical (unpaired) electrons. The molecule has 5 rings (SSSR count). The van der Waals surface area contributed by atoms with Crippen LogP contribution in [0.15, 0.2) is 12.3 Å². The standard InChI is InChI=1S/C29H45N5O5/c1-6-7-23(35)33-28(4,5)8-9-34-26(38-16-18(2)3)22(15-31-34)25(36)32-24-20-10-19-11-21(24)14-29(12-19,13-20)17-39-27(30)37/h8-9,15,18-21,24H,6-7,10-14,16-17H2,1-5H3,(H2,30,37)(H,32,36)(H,33,35)/b9-8+/t19?,20?,21?,24-,29+. The second kappa shape index (κ2) is 11.6. The summed E-state index contributed by atoms with van der Waals surface area (Å²) in [6.07, 6.45) is 10.7. The molecule has 1 aromatic rings. The molecule has 4 aliphatic carbocycles. The Balaban J connectivity index is 1.49. The van der Waals surface area contributed by atoms with E-state index in [4.69, 9.17) is 15.2 Å². The fourth-order valence-corrected chi connectivity index (χ4v) is 7.01. The number of rotatable bonds is 12. The Morgan fingerprint density at radius 2 is 1.92 bits per heavy atom. The molecular formula is C29H45N5O5. The Labute approximate surface area is 231 Å². The summed E-state index contributed by atoms with van der Waals surface area (Å²) in [5.74, 6) is 1.75. The number of ether oxygens (including phenoxy) is 2. The van der Waals surface area contributed by atoms with Gasteiger partial charge in [0.25, 0.3) is 5.91 Å². The van der Waals surface area contributed by atoms with Crippen molar-refractivity contribution in [2.75, 3.05) is 13.2 Å². The number of aromatic nitrogens is 2. The van der Waals surface area contributed by atoms with E-state index in [1.807, 2.05) is 26.8 Å². The highest BCUT2D eigenvalue weighted by Crippen LogP contribution is 2.60. The Morgan fingerprint density at radius 3 is 2.54 bits per heavy atom. The third kappa shape index (κ3) is 6.94. The number of carbonyl (C=O) groups excluding carboxylic acids is 3. The van der Waals surface area contributed by atoms with Crippen molar-refractivity contribution in [3.63, 3.8) is 0 Å². The molecule has 4 aliphatic rings. The normalized spacial score (nSPS) is 27.6. The molecule has 2 unspecified atom stereocenters. The molecule has 216 valence electrons. The summed E-state index contributed by atoms with van der Waals surface area (Å²) in [5, 5.41) is 10.8. The number of carbonyl (C=O) groups is 3. The second-order valence-corrected chi connectivity index (χ2v) is 12.9. The monoisotopic (exact) mass is 543 g/mol. The zero-order chi connectivity index (χ0) is 28.4. The van der Waals surface area contributed by atoms with E-state index in [0.717, 1.165) is 38.5 Å². The fourth-order valence-electron chi connectivity index (χ4n) is 7.01. The van der Waals surface area contributed by atoms with Crippen LogP contribution in [-0.4, -0.2) is 52.5 Å². The van der Waals surface area contributed by atoms with Crippen LogP contribution in [-0.2, 0) is 9.53 Å². The lowest BCUT2D eigenvalue weighted by molar-refractivity contribution is -0.122. The molecule has 4 bridgehead atoms. The topological polar surface area (TPSA) is 138 Å². The number of hydrogen-bond donors (Lipinski definition) is 3. The van der Waals surface area contributed by atoms with Crippen molar-refractivity contribution >= 4 is 24.1 Å². The molecule has 2 atom stereocenters. The van der Waals surface area contributed by atoms with Gasteiger partial charge in [-0.25, -0.2) is 9.48 Å². The Hall–Kier alpha value is -3.04. The van der Waals surface area contributed by atoms with Gasteiger partial charge in [-0.05, 0) is 82.1 Å². The molecule has 0 aliphatic heterocycles. The van der Waals surface area contributed by atoms with Crippen LogP contribution in [0.1, 0.15) is 89.9 Å². The molecular weight excluding hydrogens is 498 g/mol. The molecule has 4 fully saturated rings. The third-order valence-electron chi connectivity index (χ3n) is 8.34. The summed E-state index contributed by atoms with van der Waals surface area (Å²) in [4.78, 5) is 37.0. The molecule has 39 heavy (non-hydrogen) atoms. The Bertz CT molecular complexity index is 1080. The van der Waals surface area contributed by atoms with E-state index in [1.165, 1.54) is 0 Å². The molecule has 1 aromatic heterocycles. The first-order chi connectivity index (χ1) is 18.4. The predicted octanol–water partition coefficient (Wildman–Crippen LogP) is 4.10. The van der Waals surface area contributed by atoms with Gasteiger partial charge in [0.15, 0.2) is 0 Å². The van der Waals surface area contributed by atoms with Crippen molar-refractivity contribution in [1.29, 1.82) is 0 Å². The van der Waals surface area contributed by atoms with Crippen molar-refractivity contribution in [2.24, 2.45) is 34.8 Å². The minimum absolute atomic E-state index is 0.0115. The number of nitrogens with zero attached hydrogens (tertiary/aromatic N) is 2. The Morgan fingerprint density at radius 1 is 1.23 bits per heavy atom. The molecule has 4 N–H and O–H groups in total. The highest BCUT2D eigenvalue weighted by Gasteiger charge is 2.56. The number of amides is 3. The molecule has 10 heteroatoms. The molecule has 0 spiro atoms. The Kier molecular flexibility index (Phi) is 8.61. The van der Waals surface area contributed by atoms with Gasteiger partial charge in [-0.2, -0.15) is 5.10 Å². The van der Waals surface area contributed by atoms with Crippen LogP contribution in [0.4, 0.5) is 4.79 Å². The van der Waals surface area contributed by atoms with Crippen LogP contribution >= 0.6 is 0 Å². The highest BCUT2D eigenvalue weighted by atomic mass is 16.5. The maximum absolute atomic E-state index is 13.6. The number of nitrogens with two attached hydrogens (primary N) is 1. The summed E-state index contributed by atoms with van der Waals surface area (Å²) in [7, 11) is 0. The van der Waals surface area contributed by atoms with Crippen LogP contribution in [0.25, 0.3) is 6.20 Å². The van der Waals surface area contributed by atoms with E-state index in [2.05, 4.69) is 29.6 Å². The summed E-state index contributed by atoms with van der Waals surface area (Å²) >= 11 is 0. The van der Waals surface area contributed by atoms with E-state index in [1.54, 1.807) is 17.1 Å². The first-order valence-corrected chi connectivity index (χ1v) is 14.3. The van der Waals surface area contributed by atoms with Gasteiger partial charge >= 0.3 is 6.09 Å². The van der Waals surface area contributed by atoms with Crippen molar-refractivity contribution in [1.82, 2.24) is 20.4 Å². The quantitative estimate of drug-likeness (QED) is 0.363. The average Bonchev–Trinajstić information content (AvgIpc) is 3.25. The van der Waals surface area contributed by atoms with Gasteiger partial charge in [-0.1, -0.05) is 20.8 Å². The first kappa shape index (κ1) is 29.0. The van der Waals surface area contributed by atoms with Gasteiger partial charge in [0.1, 0.15) is 5.56 Å². The van der Waals surface area contributed by atoms with Gasteiger partial charge in [-0.15, -0.1) is 0 Å². The summed E-state index contributed by atoms with van der Waals surface area (Å²) in [6.45, 7) is 10.7. The molecule has 4 saturated carbocycles. The maximum atomic E-state index is 13.6. The van der Waals surface area contributed by atoms with Gasteiger partial charge in [-0.3, -0.25) is 9.59 Å². The minimum atomic E-state index is -0.720. The van der Waals surface area contributed by atoms with Crippen molar-refractivity contribution in [3.8, 4) is 5.88 Å². The molecule has 1 heterocycles. The highest BCUT2D eigenvalue weighted by molar-refractivity contribution is 5.96. The van der Waals surface area contributed by atoms with Crippen LogP contribution < -0.4 is 21.1 Å². The summed E-state index contributed by atoms with van der Waals surface area (Å²) in [6, 6.07) is 0.0697. The van der Waals surface area contributed by atoms with Crippen LogP contribution in [0.2, 0.25) is 0 Å². The largest absolute Gasteiger partial charge is 0.477 e. The van der Waals surface area contributed by atoms with E-state index >= 15 is 0 Å². The first-order valence-electron chi connectivity index (χ1n) is 14.3. The minimum Gasteiger partial charge on any atom is -0.477 e. The number of hydrogen-bond acceptors (Lipinski definition) is 6. The lowest BCUT2D eigenvalue weighted by Gasteiger charge is -2.59. The average molecular weight is 544 g/mol. The molecule has 0 saturated heterocycles. The molecule has 10 nitrogen and oxygen atoms in total. The number of nitrogens with one attached hydrogen (secondary N) is 2. The summed E-state index contributed by atoms with van der Waals surface area (Å²) in [5.41, 5.74) is 5.04. The van der Waals surface area contributed by atoms with Gasteiger partial charge in [0, 0.05) is 24.1 Å². The SMILES string of the molecule is CCCC(=O)NC(C)(C)/C=C/n1ncc(C(=O)N[C@H]2C3CC4CC2C[C@@](COC(N)=O)(C4)C3)c1OCC(C)C. The zero-order valence-electron chi connectivity index (χ0n) is 24.0. The zero-order valence-corrected chi connectivity index (χ0v) is 24.0. The van der Waals surface area contributed by atoms with Gasteiger partial charge in [0.05, 0.1) is 24.9 Å². The van der Waals surface area contributed by atoms with Crippen LogP contribution in [0, 0.1) is 29.1 Å². The van der Waals surface area contributed by atoms with Crippen LogP contribution in [0.3, 0.4) is 0 Å². The van der Waals surface area contributed by atoms with E-state index in [0.29, 0.717) is 48.8 Å². The van der Waals surface area contributed by atoms with Crippen molar-refractivity contribution in [2.45, 2.75) is 91.1 Å². The van der Waals surface area contributed by atoms with E-state index in [-0.39, 0.29) is 29.2 Å². The molecule has 0 aromatic carbocycles. The van der Waals surface area contributed by atoms with Crippen LogP contribution in [0.5, 0.6) is 5.88 Å². The smallest absolute Gasteiger partial charge is 0.404 e. The second-order valence-electron chi connectivity index (χ2n) is 12.9. The van der Waals surface area contributed by atoms with E-state index < -0.39 is 11.6 Å². The lowest BCUT2D eigenvalue weighted by Crippen LogP contribution is -2.60. The summed E-state index contributed by atoms with van der Waals surface area (Å²) < 4.78 is 12.9. The van der Waals surface area contributed by atoms with Gasteiger partial charge < -0.3 is 25.8 Å². The molecule has 3 amide bonds.